The van der Waals surface area contributed by atoms with E-state index >= 15 is 0 Å². The zero-order chi connectivity index (χ0) is 11.4. The zero-order valence-corrected chi connectivity index (χ0v) is 7.37. The normalized spacial score (nSPS) is 9.40. The molecule has 0 aliphatic heterocycles. The fourth-order valence-electron chi connectivity index (χ4n) is 1.02. The molecule has 0 saturated carbocycles. The number of nitriles is 2. The molecule has 0 bridgehead atoms. The summed E-state index contributed by atoms with van der Waals surface area (Å²) in [6.45, 7) is 0. The van der Waals surface area contributed by atoms with E-state index in [2.05, 4.69) is 0 Å². The lowest BCUT2D eigenvalue weighted by atomic mass is 9.99. The standard InChI is InChI=1S/C10H4F2N2O/c11-7-2-1-3-8(12)9(7)10(15)6(4-13)5-14/h1-3,6H. The number of rotatable bonds is 2. The number of nitrogens with zero attached hydrogens (tertiary/aromatic N) is 2. The maximum absolute atomic E-state index is 13.1. The first kappa shape index (κ1) is 10.8. The van der Waals surface area contributed by atoms with Gasteiger partial charge in [-0.3, -0.25) is 4.79 Å². The molecule has 1 rings (SSSR count). The summed E-state index contributed by atoms with van der Waals surface area (Å²) in [4.78, 5) is 11.3. The molecule has 0 atom stereocenters. The number of hydrogen-bond donors (Lipinski definition) is 0. The summed E-state index contributed by atoms with van der Waals surface area (Å²) in [5.41, 5.74) is -0.842. The second kappa shape index (κ2) is 4.30. The molecule has 5 heteroatoms. The molecule has 0 radical (unpaired) electrons. The van der Waals surface area contributed by atoms with E-state index in [-0.39, 0.29) is 0 Å². The Labute approximate surface area is 84.2 Å². The summed E-state index contributed by atoms with van der Waals surface area (Å²) >= 11 is 0. The average Bonchev–Trinajstić information content (AvgIpc) is 2.19. The second-order valence-corrected chi connectivity index (χ2v) is 2.65. The van der Waals surface area contributed by atoms with E-state index in [4.69, 9.17) is 10.5 Å². The van der Waals surface area contributed by atoms with Gasteiger partial charge in [0.2, 0.25) is 0 Å². The van der Waals surface area contributed by atoms with Gasteiger partial charge in [0.15, 0.2) is 11.7 Å². The maximum Gasteiger partial charge on any atom is 0.200 e. The average molecular weight is 206 g/mol. The Bertz CT molecular complexity index is 451. The lowest BCUT2D eigenvalue weighted by molar-refractivity contribution is 0.0962. The third kappa shape index (κ3) is 1.97. The topological polar surface area (TPSA) is 64.7 Å². The molecular formula is C10H4F2N2O. The Balaban J connectivity index is 3.25. The molecule has 3 nitrogen and oxygen atoms in total. The minimum Gasteiger partial charge on any atom is -0.291 e. The third-order valence-electron chi connectivity index (χ3n) is 1.73. The molecule has 1 aromatic carbocycles. The lowest BCUT2D eigenvalue weighted by Crippen LogP contribution is -2.14. The summed E-state index contributed by atoms with van der Waals surface area (Å²) in [7, 11) is 0. The monoisotopic (exact) mass is 206 g/mol. The first-order valence-corrected chi connectivity index (χ1v) is 3.89. The van der Waals surface area contributed by atoms with Crippen LogP contribution in [-0.4, -0.2) is 5.78 Å². The van der Waals surface area contributed by atoms with Crippen LogP contribution < -0.4 is 0 Å². The molecule has 0 fully saturated rings. The maximum atomic E-state index is 13.1. The molecular weight excluding hydrogens is 202 g/mol. The smallest absolute Gasteiger partial charge is 0.200 e. The van der Waals surface area contributed by atoms with E-state index in [0.717, 1.165) is 18.2 Å². The Morgan fingerprint density at radius 2 is 1.67 bits per heavy atom. The molecule has 0 aliphatic carbocycles. The van der Waals surface area contributed by atoms with E-state index in [1.165, 1.54) is 12.1 Å². The highest BCUT2D eigenvalue weighted by atomic mass is 19.1. The van der Waals surface area contributed by atoms with Crippen LogP contribution in [0.15, 0.2) is 18.2 Å². The Morgan fingerprint density at radius 1 is 1.20 bits per heavy atom. The Hall–Kier alpha value is -2.27. The van der Waals surface area contributed by atoms with E-state index in [0.29, 0.717) is 0 Å². The highest BCUT2D eigenvalue weighted by molar-refractivity contribution is 6.01. The van der Waals surface area contributed by atoms with Gasteiger partial charge in [-0.25, -0.2) is 8.78 Å². The molecule has 1 aromatic rings. The Morgan fingerprint density at radius 3 is 2.07 bits per heavy atom. The van der Waals surface area contributed by atoms with Crippen molar-refractivity contribution >= 4 is 5.78 Å². The van der Waals surface area contributed by atoms with Crippen molar-refractivity contribution in [3.8, 4) is 12.1 Å². The van der Waals surface area contributed by atoms with Crippen LogP contribution in [0.2, 0.25) is 0 Å². The van der Waals surface area contributed by atoms with Crippen LogP contribution in [-0.2, 0) is 0 Å². The van der Waals surface area contributed by atoms with Gasteiger partial charge in [0.25, 0.3) is 0 Å². The fourth-order valence-corrected chi connectivity index (χ4v) is 1.02. The van der Waals surface area contributed by atoms with Crippen molar-refractivity contribution in [2.45, 2.75) is 0 Å². The van der Waals surface area contributed by atoms with Gasteiger partial charge >= 0.3 is 0 Å². The zero-order valence-electron chi connectivity index (χ0n) is 7.37. The summed E-state index contributed by atoms with van der Waals surface area (Å²) in [5, 5.41) is 16.8. The number of carbonyl (C=O) groups is 1. The van der Waals surface area contributed by atoms with Gasteiger partial charge < -0.3 is 0 Å². The molecule has 0 aliphatic rings. The van der Waals surface area contributed by atoms with Crippen molar-refractivity contribution in [3.05, 3.63) is 35.4 Å². The van der Waals surface area contributed by atoms with Crippen molar-refractivity contribution < 1.29 is 13.6 Å². The van der Waals surface area contributed by atoms with Crippen LogP contribution >= 0.6 is 0 Å². The molecule has 15 heavy (non-hydrogen) atoms. The van der Waals surface area contributed by atoms with E-state index in [1.807, 2.05) is 0 Å². The van der Waals surface area contributed by atoms with Crippen LogP contribution in [0, 0.1) is 40.2 Å². The molecule has 0 N–H and O–H groups in total. The Kier molecular flexibility index (Phi) is 3.10. The van der Waals surface area contributed by atoms with Crippen LogP contribution in [0.1, 0.15) is 10.4 Å². The SMILES string of the molecule is N#CC(C#N)C(=O)c1c(F)cccc1F. The van der Waals surface area contributed by atoms with Gasteiger partial charge in [0.05, 0.1) is 17.7 Å². The van der Waals surface area contributed by atoms with Crippen molar-refractivity contribution in [1.29, 1.82) is 10.5 Å². The molecule has 0 amide bonds. The highest BCUT2D eigenvalue weighted by Gasteiger charge is 2.25. The molecule has 0 aromatic heterocycles. The number of Topliss-reactive ketones (excluding diaryl/α,β-unsaturated/α-hetero) is 1. The number of ketones is 1. The van der Waals surface area contributed by atoms with Crippen LogP contribution in [0.3, 0.4) is 0 Å². The molecule has 0 heterocycles. The summed E-state index contributed by atoms with van der Waals surface area (Å²) in [6.07, 6.45) is 0. The number of carbonyl (C=O) groups excluding carboxylic acids is 1. The van der Waals surface area contributed by atoms with Crippen LogP contribution in [0.25, 0.3) is 0 Å². The molecule has 0 saturated heterocycles. The van der Waals surface area contributed by atoms with Gasteiger partial charge in [0.1, 0.15) is 11.6 Å². The summed E-state index contributed by atoms with van der Waals surface area (Å²) in [5.74, 6) is -4.99. The minimum atomic E-state index is -1.68. The minimum absolute atomic E-state index is 0.842. The van der Waals surface area contributed by atoms with Crippen molar-refractivity contribution in [2.75, 3.05) is 0 Å². The van der Waals surface area contributed by atoms with E-state index in [9.17, 15) is 13.6 Å². The second-order valence-electron chi connectivity index (χ2n) is 2.65. The predicted octanol–water partition coefficient (Wildman–Crippen LogP) is 1.81. The highest BCUT2D eigenvalue weighted by Crippen LogP contribution is 2.16. The van der Waals surface area contributed by atoms with Gasteiger partial charge in [-0.1, -0.05) is 6.07 Å². The van der Waals surface area contributed by atoms with Crippen LogP contribution in [0.4, 0.5) is 8.78 Å². The van der Waals surface area contributed by atoms with Gasteiger partial charge in [-0.05, 0) is 12.1 Å². The predicted molar refractivity (Wildman–Crippen MR) is 45.4 cm³/mol. The number of hydrogen-bond acceptors (Lipinski definition) is 3. The first-order chi connectivity index (χ1) is 7.11. The van der Waals surface area contributed by atoms with Gasteiger partial charge in [0, 0.05) is 0 Å². The third-order valence-corrected chi connectivity index (χ3v) is 1.73. The van der Waals surface area contributed by atoms with Gasteiger partial charge in [-0.15, -0.1) is 0 Å². The van der Waals surface area contributed by atoms with Crippen molar-refractivity contribution in [3.63, 3.8) is 0 Å². The summed E-state index contributed by atoms with van der Waals surface area (Å²) in [6, 6.07) is 5.60. The summed E-state index contributed by atoms with van der Waals surface area (Å²) < 4.78 is 26.1. The first-order valence-electron chi connectivity index (χ1n) is 3.89. The fraction of sp³-hybridized carbons (Fsp3) is 0.100. The lowest BCUT2D eigenvalue weighted by Gasteiger charge is -2.02. The van der Waals surface area contributed by atoms with Gasteiger partial charge in [-0.2, -0.15) is 10.5 Å². The molecule has 74 valence electrons. The van der Waals surface area contributed by atoms with Crippen LogP contribution in [0.5, 0.6) is 0 Å². The number of benzene rings is 1. The largest absolute Gasteiger partial charge is 0.291 e. The molecule has 0 unspecified atom stereocenters. The molecule has 0 spiro atoms. The van der Waals surface area contributed by atoms with Crippen molar-refractivity contribution in [1.82, 2.24) is 0 Å². The van der Waals surface area contributed by atoms with E-state index < -0.39 is 28.9 Å². The quantitative estimate of drug-likeness (QED) is 0.693. The van der Waals surface area contributed by atoms with E-state index in [1.54, 1.807) is 0 Å². The number of halogens is 2. The van der Waals surface area contributed by atoms with Crippen molar-refractivity contribution in [2.24, 2.45) is 5.92 Å².